The van der Waals surface area contributed by atoms with Crippen molar-refractivity contribution in [2.75, 3.05) is 33.3 Å². The normalized spacial score (nSPS) is 22.8. The molecule has 2 aliphatic rings. The van der Waals surface area contributed by atoms with Crippen molar-refractivity contribution in [3.8, 4) is 0 Å². The first kappa shape index (κ1) is 16.0. The maximum absolute atomic E-state index is 12.5. The zero-order valence-corrected chi connectivity index (χ0v) is 13.1. The molecule has 1 aliphatic heterocycles. The summed E-state index contributed by atoms with van der Waals surface area (Å²) < 4.78 is 4.82. The van der Waals surface area contributed by atoms with Crippen LogP contribution in [0.4, 0.5) is 0 Å². The van der Waals surface area contributed by atoms with E-state index in [1.807, 2.05) is 11.8 Å². The number of piperidine rings is 1. The first-order valence-corrected chi connectivity index (χ1v) is 7.95. The highest BCUT2D eigenvalue weighted by atomic mass is 16.5. The van der Waals surface area contributed by atoms with Crippen LogP contribution in [0.3, 0.4) is 0 Å². The van der Waals surface area contributed by atoms with E-state index in [0.717, 1.165) is 45.2 Å². The molecule has 5 heteroatoms. The lowest BCUT2D eigenvalue weighted by Crippen LogP contribution is -2.45. The molecule has 0 N–H and O–H groups in total. The average Bonchev–Trinajstić information content (AvgIpc) is 3.01. The molecular weight excluding hydrogens is 268 g/mol. The van der Waals surface area contributed by atoms with E-state index in [4.69, 9.17) is 4.74 Å². The summed E-state index contributed by atoms with van der Waals surface area (Å²) in [7, 11) is 1.43. The van der Waals surface area contributed by atoms with Crippen LogP contribution in [-0.4, -0.2) is 55.0 Å². The highest BCUT2D eigenvalue weighted by molar-refractivity contribution is 5.80. The summed E-state index contributed by atoms with van der Waals surface area (Å²) in [4.78, 5) is 28.1. The summed E-state index contributed by atoms with van der Waals surface area (Å²) in [5, 5.41) is 0. The number of ether oxygens (including phenoxy) is 1. The van der Waals surface area contributed by atoms with E-state index >= 15 is 0 Å². The molecule has 1 saturated heterocycles. The Morgan fingerprint density at radius 3 is 2.86 bits per heavy atom. The van der Waals surface area contributed by atoms with E-state index in [0.29, 0.717) is 13.1 Å². The van der Waals surface area contributed by atoms with Crippen molar-refractivity contribution in [2.24, 2.45) is 5.92 Å². The van der Waals surface area contributed by atoms with Crippen LogP contribution >= 0.6 is 0 Å². The summed E-state index contributed by atoms with van der Waals surface area (Å²) in [6.45, 7) is 4.66. The van der Waals surface area contributed by atoms with Crippen LogP contribution in [0.25, 0.3) is 0 Å². The molecule has 0 spiro atoms. The van der Waals surface area contributed by atoms with Crippen molar-refractivity contribution in [3.63, 3.8) is 0 Å². The van der Waals surface area contributed by atoms with Gasteiger partial charge in [0, 0.05) is 18.8 Å². The van der Waals surface area contributed by atoms with E-state index in [-0.39, 0.29) is 17.8 Å². The number of methoxy groups -OCH3 is 1. The molecule has 1 fully saturated rings. The topological polar surface area (TPSA) is 49.9 Å². The van der Waals surface area contributed by atoms with E-state index in [1.165, 1.54) is 12.8 Å². The zero-order valence-electron chi connectivity index (χ0n) is 13.1. The van der Waals surface area contributed by atoms with Gasteiger partial charge in [0.05, 0.1) is 19.6 Å². The molecule has 2 rings (SSSR count). The molecule has 0 radical (unpaired) electrons. The molecule has 118 valence electrons. The largest absolute Gasteiger partial charge is 0.469 e. The second-order valence-corrected chi connectivity index (χ2v) is 5.82. The van der Waals surface area contributed by atoms with Crippen molar-refractivity contribution in [1.82, 2.24) is 9.80 Å². The van der Waals surface area contributed by atoms with Gasteiger partial charge in [-0.1, -0.05) is 6.08 Å². The number of hydrogen-bond acceptors (Lipinski definition) is 4. The van der Waals surface area contributed by atoms with E-state index in [1.54, 1.807) is 0 Å². The standard InChI is InChI=1S/C16H26N2O3/c1-3-18(14-8-4-5-9-14)15(19)12-17-10-6-7-13(11-17)16(20)21-2/h8,13H,3-7,9-12H2,1-2H3/t13-/m0/s1. The Morgan fingerprint density at radius 1 is 1.43 bits per heavy atom. The van der Waals surface area contributed by atoms with Crippen molar-refractivity contribution in [3.05, 3.63) is 11.8 Å². The second-order valence-electron chi connectivity index (χ2n) is 5.82. The molecular formula is C16H26N2O3. The van der Waals surface area contributed by atoms with E-state index in [2.05, 4.69) is 11.0 Å². The molecule has 1 heterocycles. The van der Waals surface area contributed by atoms with E-state index < -0.39 is 0 Å². The Balaban J connectivity index is 1.90. The quantitative estimate of drug-likeness (QED) is 0.725. The Hall–Kier alpha value is -1.36. The van der Waals surface area contributed by atoms with Gasteiger partial charge in [-0.2, -0.15) is 0 Å². The maximum Gasteiger partial charge on any atom is 0.309 e. The molecule has 0 saturated carbocycles. The number of hydrogen-bond donors (Lipinski definition) is 0. The Bertz CT molecular complexity index is 420. The van der Waals surface area contributed by atoms with E-state index in [9.17, 15) is 9.59 Å². The SMILES string of the molecule is CCN(C(=O)CN1CCC[C@H](C(=O)OC)C1)C1=CCCC1. The maximum atomic E-state index is 12.5. The van der Waals surface area contributed by atoms with Gasteiger partial charge in [-0.05, 0) is 45.6 Å². The number of allylic oxidation sites excluding steroid dienone is 2. The fourth-order valence-corrected chi connectivity index (χ4v) is 3.27. The minimum absolute atomic E-state index is 0.0858. The van der Waals surface area contributed by atoms with Crippen LogP contribution in [0.1, 0.15) is 39.0 Å². The average molecular weight is 294 g/mol. The third-order valence-corrected chi connectivity index (χ3v) is 4.38. The molecule has 0 aromatic carbocycles. The van der Waals surface area contributed by atoms with Gasteiger partial charge in [0.25, 0.3) is 0 Å². The van der Waals surface area contributed by atoms with Crippen molar-refractivity contribution in [1.29, 1.82) is 0 Å². The predicted molar refractivity (Wildman–Crippen MR) is 80.5 cm³/mol. The summed E-state index contributed by atoms with van der Waals surface area (Å²) in [5.74, 6) is -0.0912. The molecule has 0 aromatic heterocycles. The number of carbonyl (C=O) groups excluding carboxylic acids is 2. The minimum atomic E-state index is -0.155. The molecule has 1 aliphatic carbocycles. The number of amides is 1. The molecule has 21 heavy (non-hydrogen) atoms. The summed E-state index contributed by atoms with van der Waals surface area (Å²) in [6.07, 6.45) is 7.21. The summed E-state index contributed by atoms with van der Waals surface area (Å²) in [6, 6.07) is 0. The number of esters is 1. The van der Waals surface area contributed by atoms with Gasteiger partial charge in [0.2, 0.25) is 5.91 Å². The fraction of sp³-hybridized carbons (Fsp3) is 0.750. The lowest BCUT2D eigenvalue weighted by molar-refractivity contribution is -0.148. The number of likely N-dealkylation sites (N-methyl/N-ethyl adjacent to an activating group) is 1. The first-order chi connectivity index (χ1) is 10.2. The third kappa shape index (κ3) is 4.06. The summed E-state index contributed by atoms with van der Waals surface area (Å²) >= 11 is 0. The number of likely N-dealkylation sites (tertiary alicyclic amines) is 1. The minimum Gasteiger partial charge on any atom is -0.469 e. The van der Waals surface area contributed by atoms with Gasteiger partial charge in [-0.15, -0.1) is 0 Å². The number of carbonyl (C=O) groups is 2. The lowest BCUT2D eigenvalue weighted by atomic mass is 9.98. The van der Waals surface area contributed by atoms with Crippen molar-refractivity contribution < 1.29 is 14.3 Å². The van der Waals surface area contributed by atoms with Gasteiger partial charge in [0.15, 0.2) is 0 Å². The Kier molecular flexibility index (Phi) is 5.79. The highest BCUT2D eigenvalue weighted by Crippen LogP contribution is 2.22. The smallest absolute Gasteiger partial charge is 0.309 e. The number of rotatable bonds is 5. The van der Waals surface area contributed by atoms with Crippen LogP contribution in [0, 0.1) is 5.92 Å². The number of nitrogens with zero attached hydrogens (tertiary/aromatic N) is 2. The third-order valence-electron chi connectivity index (χ3n) is 4.38. The van der Waals surface area contributed by atoms with Crippen molar-refractivity contribution in [2.45, 2.75) is 39.0 Å². The molecule has 1 atom stereocenters. The molecule has 0 aromatic rings. The van der Waals surface area contributed by atoms with Gasteiger partial charge < -0.3 is 9.64 Å². The monoisotopic (exact) mass is 294 g/mol. The van der Waals surface area contributed by atoms with Crippen molar-refractivity contribution >= 4 is 11.9 Å². The molecule has 1 amide bonds. The molecule has 0 unspecified atom stereocenters. The van der Waals surface area contributed by atoms with Crippen LogP contribution in [0.15, 0.2) is 11.8 Å². The first-order valence-electron chi connectivity index (χ1n) is 7.95. The van der Waals surface area contributed by atoms with Gasteiger partial charge in [-0.3, -0.25) is 14.5 Å². The Morgan fingerprint density at radius 2 is 2.24 bits per heavy atom. The van der Waals surface area contributed by atoms with Crippen LogP contribution in [0.5, 0.6) is 0 Å². The second kappa shape index (κ2) is 7.59. The van der Waals surface area contributed by atoms with Crippen LogP contribution in [0.2, 0.25) is 0 Å². The lowest BCUT2D eigenvalue weighted by Gasteiger charge is -2.32. The zero-order chi connectivity index (χ0) is 15.2. The van der Waals surface area contributed by atoms with Gasteiger partial charge in [0.1, 0.15) is 0 Å². The van der Waals surface area contributed by atoms with Gasteiger partial charge >= 0.3 is 5.97 Å². The van der Waals surface area contributed by atoms with Gasteiger partial charge in [-0.25, -0.2) is 0 Å². The Labute approximate surface area is 126 Å². The fourth-order valence-electron chi connectivity index (χ4n) is 3.27. The summed E-state index contributed by atoms with van der Waals surface area (Å²) in [5.41, 5.74) is 1.17. The van der Waals surface area contributed by atoms with Crippen LogP contribution in [-0.2, 0) is 14.3 Å². The van der Waals surface area contributed by atoms with Crippen LogP contribution < -0.4 is 0 Å². The molecule has 5 nitrogen and oxygen atoms in total. The predicted octanol–water partition coefficient (Wildman–Crippen LogP) is 1.79. The molecule has 0 bridgehead atoms. The highest BCUT2D eigenvalue weighted by Gasteiger charge is 2.29.